The van der Waals surface area contributed by atoms with Crippen LogP contribution in [-0.2, 0) is 5.41 Å². The molecule has 282 valence electrons. The minimum absolute atomic E-state index is 0.209. The molecule has 0 saturated heterocycles. The highest BCUT2D eigenvalue weighted by molar-refractivity contribution is 6.11. The highest BCUT2D eigenvalue weighted by atomic mass is 16.3. The predicted molar refractivity (Wildman–Crippen MR) is 248 cm³/mol. The summed E-state index contributed by atoms with van der Waals surface area (Å²) in [5, 5.41) is 6.75. The van der Waals surface area contributed by atoms with Gasteiger partial charge in [0.2, 0.25) is 0 Å². The smallest absolute Gasteiger partial charge is 0.135 e. The molecule has 0 radical (unpaired) electrons. The third-order valence-corrected chi connectivity index (χ3v) is 13.1. The van der Waals surface area contributed by atoms with Crippen molar-refractivity contribution in [1.82, 2.24) is 0 Å². The maximum absolute atomic E-state index is 6.61. The second-order valence-corrected chi connectivity index (χ2v) is 16.9. The van der Waals surface area contributed by atoms with Crippen molar-refractivity contribution >= 4 is 65.8 Å². The molecule has 0 amide bonds. The SMILES string of the molecule is CC1(C)c2cc(-c3ccc4oc5ccc(-c6ccccc6)cc5c4c3)ccc2-c2cc3c(cc21)oc1ccc(-c2ccc4oc5ccc(-c6ccccc6)cc5c4c2)cc13. The minimum Gasteiger partial charge on any atom is -0.456 e. The highest BCUT2D eigenvalue weighted by Crippen LogP contribution is 2.52. The molecule has 0 atom stereocenters. The van der Waals surface area contributed by atoms with Crippen LogP contribution < -0.4 is 0 Å². The van der Waals surface area contributed by atoms with Gasteiger partial charge in [-0.1, -0.05) is 117 Å². The van der Waals surface area contributed by atoms with Crippen LogP contribution in [0.3, 0.4) is 0 Å². The molecule has 13 rings (SSSR count). The van der Waals surface area contributed by atoms with Crippen LogP contribution in [-0.4, -0.2) is 0 Å². The van der Waals surface area contributed by atoms with Crippen molar-refractivity contribution in [3.05, 3.63) is 193 Å². The maximum atomic E-state index is 6.61. The first-order valence-corrected chi connectivity index (χ1v) is 20.6. The Morgan fingerprint density at radius 2 is 0.600 bits per heavy atom. The van der Waals surface area contributed by atoms with Gasteiger partial charge in [-0.05, 0) is 146 Å². The minimum atomic E-state index is -0.209. The van der Waals surface area contributed by atoms with Crippen molar-refractivity contribution in [3.63, 3.8) is 0 Å². The Labute approximate surface area is 345 Å². The molecule has 3 heterocycles. The summed E-state index contributed by atoms with van der Waals surface area (Å²) in [6.07, 6.45) is 0. The molecule has 3 nitrogen and oxygen atoms in total. The molecule has 60 heavy (non-hydrogen) atoms. The standard InChI is InChI=1S/C57H36O3/c1-57(2)49-30-40(39-18-23-54-46(29-39)44-26-36(15-21-52(44)59-54)34-11-7-4-8-12-34)13-19-41(49)42-31-48-47-28-38(17-24-55(47)60-56(48)32-50(42)57)37-16-22-53-45(27-37)43-25-35(14-20-51(43)58-53)33-9-5-3-6-10-33/h3-32H,1-2H3. The fourth-order valence-electron chi connectivity index (χ4n) is 9.90. The van der Waals surface area contributed by atoms with Crippen molar-refractivity contribution < 1.29 is 13.3 Å². The van der Waals surface area contributed by atoms with Crippen LogP contribution >= 0.6 is 0 Å². The Balaban J connectivity index is 0.888. The van der Waals surface area contributed by atoms with E-state index in [2.05, 4.69) is 196 Å². The zero-order valence-electron chi connectivity index (χ0n) is 33.0. The number of benzene rings is 9. The van der Waals surface area contributed by atoms with E-state index < -0.39 is 0 Å². The van der Waals surface area contributed by atoms with Gasteiger partial charge in [-0.2, -0.15) is 0 Å². The topological polar surface area (TPSA) is 39.4 Å². The molecule has 0 bridgehead atoms. The van der Waals surface area contributed by atoms with Crippen LogP contribution in [0.1, 0.15) is 25.0 Å². The normalized spacial score (nSPS) is 13.3. The van der Waals surface area contributed by atoms with Crippen LogP contribution in [0.25, 0.3) is 121 Å². The molecule has 0 unspecified atom stereocenters. The Hall–Kier alpha value is -7.62. The number of hydrogen-bond donors (Lipinski definition) is 0. The molecule has 1 aliphatic carbocycles. The van der Waals surface area contributed by atoms with E-state index in [4.69, 9.17) is 13.3 Å². The van der Waals surface area contributed by atoms with E-state index in [-0.39, 0.29) is 5.41 Å². The van der Waals surface area contributed by atoms with E-state index in [1.54, 1.807) is 0 Å². The first kappa shape index (κ1) is 33.4. The first-order chi connectivity index (χ1) is 29.4. The Morgan fingerprint density at radius 1 is 0.267 bits per heavy atom. The monoisotopic (exact) mass is 768 g/mol. The van der Waals surface area contributed by atoms with Gasteiger partial charge in [0.05, 0.1) is 0 Å². The highest BCUT2D eigenvalue weighted by Gasteiger charge is 2.36. The number of rotatable bonds is 4. The largest absolute Gasteiger partial charge is 0.456 e. The van der Waals surface area contributed by atoms with Crippen molar-refractivity contribution in [2.45, 2.75) is 19.3 Å². The van der Waals surface area contributed by atoms with Gasteiger partial charge in [0.25, 0.3) is 0 Å². The molecule has 3 heteroatoms. The molecular formula is C57H36O3. The van der Waals surface area contributed by atoms with Gasteiger partial charge in [-0.3, -0.25) is 0 Å². The van der Waals surface area contributed by atoms with Crippen molar-refractivity contribution in [2.75, 3.05) is 0 Å². The summed E-state index contributed by atoms with van der Waals surface area (Å²) in [4.78, 5) is 0. The van der Waals surface area contributed by atoms with E-state index >= 15 is 0 Å². The fourth-order valence-corrected chi connectivity index (χ4v) is 9.90. The Kier molecular flexibility index (Phi) is 6.78. The summed E-state index contributed by atoms with van der Waals surface area (Å²) >= 11 is 0. The van der Waals surface area contributed by atoms with Gasteiger partial charge in [0.15, 0.2) is 0 Å². The van der Waals surface area contributed by atoms with Gasteiger partial charge < -0.3 is 13.3 Å². The van der Waals surface area contributed by atoms with Gasteiger partial charge in [0.1, 0.15) is 33.5 Å². The van der Waals surface area contributed by atoms with Crippen molar-refractivity contribution in [1.29, 1.82) is 0 Å². The number of fused-ring (bicyclic) bond motifs is 12. The first-order valence-electron chi connectivity index (χ1n) is 20.6. The zero-order valence-corrected chi connectivity index (χ0v) is 33.0. The quantitative estimate of drug-likeness (QED) is 0.179. The lowest BCUT2D eigenvalue weighted by Gasteiger charge is -2.22. The average Bonchev–Trinajstić information content (AvgIpc) is 4.02. The Bertz CT molecular complexity index is 3730. The fraction of sp³-hybridized carbons (Fsp3) is 0.0526. The van der Waals surface area contributed by atoms with Crippen molar-refractivity contribution in [3.8, 4) is 55.6 Å². The molecular weight excluding hydrogens is 733 g/mol. The lowest BCUT2D eigenvalue weighted by atomic mass is 9.81. The summed E-state index contributed by atoms with van der Waals surface area (Å²) < 4.78 is 19.2. The molecule has 3 aromatic heterocycles. The van der Waals surface area contributed by atoms with Gasteiger partial charge in [-0.25, -0.2) is 0 Å². The molecule has 12 aromatic rings. The zero-order chi connectivity index (χ0) is 39.7. The average molecular weight is 769 g/mol. The van der Waals surface area contributed by atoms with Crippen LogP contribution in [0.4, 0.5) is 0 Å². The van der Waals surface area contributed by atoms with Crippen LogP contribution in [0.5, 0.6) is 0 Å². The van der Waals surface area contributed by atoms with E-state index in [1.165, 1.54) is 55.6 Å². The maximum Gasteiger partial charge on any atom is 0.135 e. The second-order valence-electron chi connectivity index (χ2n) is 16.9. The molecule has 9 aromatic carbocycles. The summed E-state index contributed by atoms with van der Waals surface area (Å²) in [5.41, 5.74) is 19.8. The lowest BCUT2D eigenvalue weighted by Crippen LogP contribution is -2.15. The molecule has 0 fully saturated rings. The third kappa shape index (κ3) is 4.90. The van der Waals surface area contributed by atoms with Crippen LogP contribution in [0, 0.1) is 0 Å². The summed E-state index contributed by atoms with van der Waals surface area (Å²) in [6.45, 7) is 4.68. The number of furan rings is 3. The van der Waals surface area contributed by atoms with Gasteiger partial charge >= 0.3 is 0 Å². The molecule has 0 N–H and O–H groups in total. The Morgan fingerprint density at radius 3 is 1.03 bits per heavy atom. The van der Waals surface area contributed by atoms with E-state index in [9.17, 15) is 0 Å². The van der Waals surface area contributed by atoms with Crippen LogP contribution in [0.2, 0.25) is 0 Å². The third-order valence-electron chi connectivity index (χ3n) is 13.1. The number of hydrogen-bond acceptors (Lipinski definition) is 3. The molecule has 0 aliphatic heterocycles. The van der Waals surface area contributed by atoms with Gasteiger partial charge in [0, 0.05) is 37.7 Å². The molecule has 0 spiro atoms. The summed E-state index contributed by atoms with van der Waals surface area (Å²) in [6, 6.07) is 65.3. The van der Waals surface area contributed by atoms with E-state index in [1.807, 2.05) is 0 Å². The second kappa shape index (κ2) is 12.2. The van der Waals surface area contributed by atoms with Gasteiger partial charge in [-0.15, -0.1) is 0 Å². The molecule has 0 saturated carbocycles. The molecule has 1 aliphatic rings. The predicted octanol–water partition coefficient (Wildman–Crippen LogP) is 16.4. The van der Waals surface area contributed by atoms with Crippen LogP contribution in [0.15, 0.2) is 195 Å². The van der Waals surface area contributed by atoms with E-state index in [0.717, 1.165) is 76.9 Å². The van der Waals surface area contributed by atoms with E-state index in [0.29, 0.717) is 0 Å². The lowest BCUT2D eigenvalue weighted by molar-refractivity contribution is 0.647. The summed E-state index contributed by atoms with van der Waals surface area (Å²) in [7, 11) is 0. The van der Waals surface area contributed by atoms with Crippen molar-refractivity contribution in [2.24, 2.45) is 0 Å². The summed E-state index contributed by atoms with van der Waals surface area (Å²) in [5.74, 6) is 0.